The number of nitrogens with zero attached hydrogens (tertiary/aromatic N) is 1. The normalized spacial score (nSPS) is 18.3. The first-order valence-electron chi connectivity index (χ1n) is 8.36. The molecule has 0 aromatic heterocycles. The molecule has 2 aliphatic rings. The highest BCUT2D eigenvalue weighted by Gasteiger charge is 2.44. The number of anilines is 1. The van der Waals surface area contributed by atoms with Gasteiger partial charge in [-0.15, -0.1) is 0 Å². The Kier molecular flexibility index (Phi) is 4.17. The molecule has 2 aliphatic heterocycles. The van der Waals surface area contributed by atoms with Crippen LogP contribution in [-0.2, 0) is 14.3 Å². The minimum Gasteiger partial charge on any atom is -0.462 e. The zero-order valence-corrected chi connectivity index (χ0v) is 14.8. The van der Waals surface area contributed by atoms with Gasteiger partial charge >= 0.3 is 5.97 Å². The summed E-state index contributed by atoms with van der Waals surface area (Å²) in [5, 5.41) is 0.494. The SMILES string of the molecule is CCOC(=O)C1=C2Oc3cc(Cl)ccc3N2C(=O)C[C@@H]1c1ccccc1. The Hall–Kier alpha value is -2.79. The fraction of sp³-hybridized carbons (Fsp3) is 0.200. The average Bonchev–Trinajstić information content (AvgIpc) is 3.01. The number of ether oxygens (including phenoxy) is 2. The molecule has 0 fully saturated rings. The molecule has 5 nitrogen and oxygen atoms in total. The molecule has 0 spiro atoms. The lowest BCUT2D eigenvalue weighted by Gasteiger charge is -2.30. The maximum Gasteiger partial charge on any atom is 0.340 e. The molecule has 6 heteroatoms. The summed E-state index contributed by atoms with van der Waals surface area (Å²) in [6.45, 7) is 1.99. The van der Waals surface area contributed by atoms with Crippen molar-refractivity contribution >= 4 is 29.2 Å². The number of fused-ring (bicyclic) bond motifs is 3. The maximum atomic E-state index is 12.9. The van der Waals surface area contributed by atoms with E-state index in [1.165, 1.54) is 4.90 Å². The van der Waals surface area contributed by atoms with Crippen molar-refractivity contribution < 1.29 is 19.1 Å². The Labute approximate surface area is 155 Å². The largest absolute Gasteiger partial charge is 0.462 e. The molecule has 1 atom stereocenters. The van der Waals surface area contributed by atoms with E-state index in [1.807, 2.05) is 30.3 Å². The molecule has 0 N–H and O–H groups in total. The average molecular weight is 370 g/mol. The van der Waals surface area contributed by atoms with E-state index in [1.54, 1.807) is 25.1 Å². The standard InChI is InChI=1S/C20H16ClNO4/c1-2-25-20(24)18-14(12-6-4-3-5-7-12)11-17(23)22-15-9-8-13(21)10-16(15)26-19(18)22/h3-10,14H,2,11H2,1H3/t14-/m1/s1. The molecule has 0 bridgehead atoms. The third-order valence-corrected chi connectivity index (χ3v) is 4.71. The predicted octanol–water partition coefficient (Wildman–Crippen LogP) is 4.03. The molecule has 0 saturated carbocycles. The van der Waals surface area contributed by atoms with Crippen LogP contribution < -0.4 is 9.64 Å². The van der Waals surface area contributed by atoms with Crippen molar-refractivity contribution in [1.82, 2.24) is 0 Å². The maximum absolute atomic E-state index is 12.9. The van der Waals surface area contributed by atoms with Gasteiger partial charge in [-0.25, -0.2) is 9.69 Å². The number of hydrogen-bond donors (Lipinski definition) is 0. The fourth-order valence-electron chi connectivity index (χ4n) is 3.36. The van der Waals surface area contributed by atoms with E-state index < -0.39 is 11.9 Å². The van der Waals surface area contributed by atoms with Crippen LogP contribution in [0, 0.1) is 0 Å². The highest BCUT2D eigenvalue weighted by atomic mass is 35.5. The monoisotopic (exact) mass is 369 g/mol. The third kappa shape index (κ3) is 2.65. The number of carbonyl (C=O) groups is 2. The van der Waals surface area contributed by atoms with Crippen LogP contribution in [-0.4, -0.2) is 18.5 Å². The van der Waals surface area contributed by atoms with Gasteiger partial charge in [-0.05, 0) is 24.6 Å². The minimum atomic E-state index is -0.479. The first kappa shape index (κ1) is 16.7. The van der Waals surface area contributed by atoms with Crippen molar-refractivity contribution in [3.8, 4) is 5.75 Å². The molecule has 2 aromatic carbocycles. The van der Waals surface area contributed by atoms with Crippen molar-refractivity contribution in [3.05, 3.63) is 70.6 Å². The van der Waals surface area contributed by atoms with E-state index in [9.17, 15) is 9.59 Å². The van der Waals surface area contributed by atoms with Crippen molar-refractivity contribution in [3.63, 3.8) is 0 Å². The molecule has 0 radical (unpaired) electrons. The molecule has 0 aliphatic carbocycles. The number of benzene rings is 2. The van der Waals surface area contributed by atoms with E-state index in [0.717, 1.165) is 5.56 Å². The number of halogens is 1. The van der Waals surface area contributed by atoms with Crippen LogP contribution in [0.2, 0.25) is 5.02 Å². The molecular formula is C20H16ClNO4. The van der Waals surface area contributed by atoms with Gasteiger partial charge in [0.15, 0.2) is 5.75 Å². The van der Waals surface area contributed by atoms with Crippen LogP contribution in [0.15, 0.2) is 60.0 Å². The number of esters is 1. The van der Waals surface area contributed by atoms with Gasteiger partial charge in [-0.3, -0.25) is 4.79 Å². The Morgan fingerprint density at radius 2 is 2.04 bits per heavy atom. The van der Waals surface area contributed by atoms with Gasteiger partial charge in [-0.1, -0.05) is 41.9 Å². The van der Waals surface area contributed by atoms with Crippen LogP contribution in [0.1, 0.15) is 24.8 Å². The summed E-state index contributed by atoms with van der Waals surface area (Å²) in [5.41, 5.74) is 1.81. The summed E-state index contributed by atoms with van der Waals surface area (Å²) in [6, 6.07) is 14.5. The van der Waals surface area contributed by atoms with Gasteiger partial charge in [0.2, 0.25) is 11.8 Å². The van der Waals surface area contributed by atoms with E-state index in [-0.39, 0.29) is 24.8 Å². The van der Waals surface area contributed by atoms with Crippen LogP contribution in [0.4, 0.5) is 5.69 Å². The quantitative estimate of drug-likeness (QED) is 0.766. The fourth-order valence-corrected chi connectivity index (χ4v) is 3.52. The lowest BCUT2D eigenvalue weighted by molar-refractivity contribution is -0.139. The molecule has 0 saturated heterocycles. The van der Waals surface area contributed by atoms with Gasteiger partial charge in [0.1, 0.15) is 5.57 Å². The zero-order chi connectivity index (χ0) is 18.3. The number of hydrogen-bond acceptors (Lipinski definition) is 4. The summed E-state index contributed by atoms with van der Waals surface area (Å²) >= 11 is 6.04. The van der Waals surface area contributed by atoms with Gasteiger partial charge in [0.25, 0.3) is 0 Å². The summed E-state index contributed by atoms with van der Waals surface area (Å²) in [5.74, 6) is -0.364. The molecule has 0 unspecified atom stereocenters. The summed E-state index contributed by atoms with van der Waals surface area (Å²) in [7, 11) is 0. The second-order valence-corrected chi connectivity index (χ2v) is 6.49. The first-order chi connectivity index (χ1) is 12.6. The van der Waals surface area contributed by atoms with E-state index >= 15 is 0 Å². The van der Waals surface area contributed by atoms with Crippen molar-refractivity contribution in [1.29, 1.82) is 0 Å². The second-order valence-electron chi connectivity index (χ2n) is 6.05. The molecule has 2 heterocycles. The number of carbonyl (C=O) groups excluding carboxylic acids is 2. The van der Waals surface area contributed by atoms with Crippen LogP contribution in [0.5, 0.6) is 5.75 Å². The Bertz CT molecular complexity index is 923. The zero-order valence-electron chi connectivity index (χ0n) is 14.1. The Balaban J connectivity index is 1.89. The lowest BCUT2D eigenvalue weighted by Crippen LogP contribution is -2.38. The second kappa shape index (κ2) is 6.50. The van der Waals surface area contributed by atoms with E-state index in [4.69, 9.17) is 21.1 Å². The van der Waals surface area contributed by atoms with Crippen molar-refractivity contribution in [2.24, 2.45) is 0 Å². The Morgan fingerprint density at radius 3 is 2.77 bits per heavy atom. The number of rotatable bonds is 3. The van der Waals surface area contributed by atoms with E-state index in [0.29, 0.717) is 22.0 Å². The smallest absolute Gasteiger partial charge is 0.340 e. The lowest BCUT2D eigenvalue weighted by atomic mass is 9.85. The van der Waals surface area contributed by atoms with Crippen LogP contribution >= 0.6 is 11.6 Å². The van der Waals surface area contributed by atoms with Gasteiger partial charge in [-0.2, -0.15) is 0 Å². The predicted molar refractivity (Wildman–Crippen MR) is 97.0 cm³/mol. The van der Waals surface area contributed by atoms with Gasteiger partial charge < -0.3 is 9.47 Å². The van der Waals surface area contributed by atoms with Gasteiger partial charge in [0.05, 0.1) is 12.3 Å². The minimum absolute atomic E-state index is 0.136. The van der Waals surface area contributed by atoms with Crippen LogP contribution in [0.25, 0.3) is 0 Å². The molecule has 4 rings (SSSR count). The molecular weight excluding hydrogens is 354 g/mol. The highest BCUT2D eigenvalue weighted by molar-refractivity contribution is 6.31. The molecule has 26 heavy (non-hydrogen) atoms. The summed E-state index contributed by atoms with van der Waals surface area (Å²) in [6.07, 6.45) is 0.160. The molecule has 1 amide bonds. The van der Waals surface area contributed by atoms with Crippen molar-refractivity contribution in [2.75, 3.05) is 11.5 Å². The molecule has 132 valence electrons. The topological polar surface area (TPSA) is 55.8 Å². The Morgan fingerprint density at radius 1 is 1.27 bits per heavy atom. The summed E-state index contributed by atoms with van der Waals surface area (Å²) < 4.78 is 11.2. The highest BCUT2D eigenvalue weighted by Crippen LogP contribution is 2.47. The van der Waals surface area contributed by atoms with Crippen molar-refractivity contribution in [2.45, 2.75) is 19.3 Å². The van der Waals surface area contributed by atoms with E-state index in [2.05, 4.69) is 0 Å². The van der Waals surface area contributed by atoms with Crippen LogP contribution in [0.3, 0.4) is 0 Å². The van der Waals surface area contributed by atoms with Gasteiger partial charge in [0, 0.05) is 23.4 Å². The first-order valence-corrected chi connectivity index (χ1v) is 8.74. The molecule has 2 aromatic rings. The third-order valence-electron chi connectivity index (χ3n) is 4.48. The number of amides is 1. The summed E-state index contributed by atoms with van der Waals surface area (Å²) in [4.78, 5) is 27.0.